The molecule has 0 saturated carbocycles. The standard InChI is InChI=1S/C19H20ClNO4/c1-11(2)18(22)14-9-16-17(25-8-7-24-16)10-15(14)21-19(23)12-3-5-13(20)6-4-12/h3-6,9-11,18,22H,7-8H2,1-2H3,(H,21,23)/t18-/m1/s1. The third-order valence-corrected chi connectivity index (χ3v) is 4.27. The molecule has 6 heteroatoms. The zero-order valence-corrected chi connectivity index (χ0v) is 14.8. The minimum atomic E-state index is -0.739. The van der Waals surface area contributed by atoms with Crippen molar-refractivity contribution < 1.29 is 19.4 Å². The molecule has 1 atom stereocenters. The summed E-state index contributed by atoms with van der Waals surface area (Å²) in [5.41, 5.74) is 1.58. The Kier molecular flexibility index (Phi) is 5.16. The van der Waals surface area contributed by atoms with Crippen LogP contribution >= 0.6 is 11.6 Å². The third kappa shape index (κ3) is 3.89. The lowest BCUT2D eigenvalue weighted by Gasteiger charge is -2.24. The highest BCUT2D eigenvalue weighted by Crippen LogP contribution is 2.39. The largest absolute Gasteiger partial charge is 0.486 e. The maximum absolute atomic E-state index is 12.5. The first-order valence-electron chi connectivity index (χ1n) is 8.14. The van der Waals surface area contributed by atoms with Crippen LogP contribution in [-0.2, 0) is 0 Å². The van der Waals surface area contributed by atoms with Crippen molar-refractivity contribution in [3.63, 3.8) is 0 Å². The molecule has 25 heavy (non-hydrogen) atoms. The second-order valence-corrected chi connectivity index (χ2v) is 6.67. The van der Waals surface area contributed by atoms with Gasteiger partial charge in [0.1, 0.15) is 13.2 Å². The molecule has 2 N–H and O–H groups in total. The van der Waals surface area contributed by atoms with Crippen molar-refractivity contribution in [3.05, 3.63) is 52.5 Å². The van der Waals surface area contributed by atoms with Gasteiger partial charge in [-0.3, -0.25) is 4.79 Å². The average Bonchev–Trinajstić information content (AvgIpc) is 2.61. The number of ether oxygens (including phenoxy) is 2. The molecular formula is C19H20ClNO4. The summed E-state index contributed by atoms with van der Waals surface area (Å²) >= 11 is 5.86. The minimum absolute atomic E-state index is 0.0197. The molecule has 0 aliphatic carbocycles. The maximum atomic E-state index is 12.5. The molecule has 0 aromatic heterocycles. The summed E-state index contributed by atoms with van der Waals surface area (Å²) in [6.45, 7) is 4.73. The Morgan fingerprint density at radius 3 is 2.32 bits per heavy atom. The number of hydrogen-bond donors (Lipinski definition) is 2. The Bertz CT molecular complexity index is 774. The average molecular weight is 362 g/mol. The van der Waals surface area contributed by atoms with Crippen molar-refractivity contribution in [1.82, 2.24) is 0 Å². The van der Waals surface area contributed by atoms with Crippen molar-refractivity contribution in [1.29, 1.82) is 0 Å². The van der Waals surface area contributed by atoms with E-state index in [1.54, 1.807) is 36.4 Å². The number of nitrogens with one attached hydrogen (secondary N) is 1. The topological polar surface area (TPSA) is 67.8 Å². The molecular weight excluding hydrogens is 342 g/mol. The molecule has 1 aliphatic rings. The van der Waals surface area contributed by atoms with Gasteiger partial charge in [-0.15, -0.1) is 0 Å². The fourth-order valence-electron chi connectivity index (χ4n) is 2.61. The number of benzene rings is 2. The van der Waals surface area contributed by atoms with Crippen LogP contribution in [0.4, 0.5) is 5.69 Å². The second-order valence-electron chi connectivity index (χ2n) is 6.23. The van der Waals surface area contributed by atoms with Gasteiger partial charge in [0.25, 0.3) is 5.91 Å². The SMILES string of the molecule is CC(C)[C@@H](O)c1cc2c(cc1NC(=O)c1ccc(Cl)cc1)OCCO2. The molecule has 1 aliphatic heterocycles. The molecule has 0 fully saturated rings. The van der Waals surface area contributed by atoms with Gasteiger partial charge in [-0.25, -0.2) is 0 Å². The zero-order valence-electron chi connectivity index (χ0n) is 14.1. The molecule has 2 aromatic rings. The second kappa shape index (κ2) is 7.33. The van der Waals surface area contributed by atoms with Crippen LogP contribution in [0.5, 0.6) is 11.5 Å². The van der Waals surface area contributed by atoms with Crippen LogP contribution in [0.2, 0.25) is 5.02 Å². The lowest BCUT2D eigenvalue weighted by atomic mass is 9.96. The van der Waals surface area contributed by atoms with E-state index < -0.39 is 6.10 Å². The number of aliphatic hydroxyl groups excluding tert-OH is 1. The van der Waals surface area contributed by atoms with Gasteiger partial charge in [-0.05, 0) is 36.2 Å². The summed E-state index contributed by atoms with van der Waals surface area (Å²) in [6.07, 6.45) is -0.739. The molecule has 0 spiro atoms. The van der Waals surface area contributed by atoms with E-state index in [-0.39, 0.29) is 11.8 Å². The molecule has 0 saturated heterocycles. The van der Waals surface area contributed by atoms with Crippen molar-refractivity contribution >= 4 is 23.2 Å². The Hall–Kier alpha value is -2.24. The first-order valence-corrected chi connectivity index (χ1v) is 8.52. The van der Waals surface area contributed by atoms with Gasteiger partial charge in [0.05, 0.1) is 11.8 Å². The molecule has 5 nitrogen and oxygen atoms in total. The molecule has 3 rings (SSSR count). The minimum Gasteiger partial charge on any atom is -0.486 e. The highest BCUT2D eigenvalue weighted by atomic mass is 35.5. The number of rotatable bonds is 4. The first-order chi connectivity index (χ1) is 12.0. The molecule has 0 radical (unpaired) electrons. The van der Waals surface area contributed by atoms with Gasteiger partial charge >= 0.3 is 0 Å². The third-order valence-electron chi connectivity index (χ3n) is 4.02. The Morgan fingerprint density at radius 1 is 1.12 bits per heavy atom. The Morgan fingerprint density at radius 2 is 1.72 bits per heavy atom. The van der Waals surface area contributed by atoms with Crippen LogP contribution in [0, 0.1) is 5.92 Å². The van der Waals surface area contributed by atoms with Crippen LogP contribution in [-0.4, -0.2) is 24.2 Å². The van der Waals surface area contributed by atoms with Crippen LogP contribution in [0.3, 0.4) is 0 Å². The Balaban J connectivity index is 1.95. The van der Waals surface area contributed by atoms with Crippen LogP contribution in [0.1, 0.15) is 35.9 Å². The van der Waals surface area contributed by atoms with E-state index >= 15 is 0 Å². The summed E-state index contributed by atoms with van der Waals surface area (Å²) in [4.78, 5) is 12.5. The number of aliphatic hydroxyl groups is 1. The van der Waals surface area contributed by atoms with Gasteiger partial charge < -0.3 is 19.9 Å². The van der Waals surface area contributed by atoms with Gasteiger partial charge in [-0.1, -0.05) is 25.4 Å². The normalized spacial score (nSPS) is 14.3. The van der Waals surface area contributed by atoms with Gasteiger partial charge in [0.15, 0.2) is 11.5 Å². The fourth-order valence-corrected chi connectivity index (χ4v) is 2.74. The van der Waals surface area contributed by atoms with E-state index in [1.165, 1.54) is 0 Å². The number of fused-ring (bicyclic) bond motifs is 1. The molecule has 0 bridgehead atoms. The predicted molar refractivity (Wildman–Crippen MR) is 96.6 cm³/mol. The number of halogens is 1. The summed E-state index contributed by atoms with van der Waals surface area (Å²) < 4.78 is 11.2. The number of amides is 1. The van der Waals surface area contributed by atoms with Crippen LogP contribution in [0.15, 0.2) is 36.4 Å². The predicted octanol–water partition coefficient (Wildman–Crippen LogP) is 4.05. The van der Waals surface area contributed by atoms with E-state index in [1.807, 2.05) is 13.8 Å². The molecule has 2 aromatic carbocycles. The highest BCUT2D eigenvalue weighted by Gasteiger charge is 2.23. The highest BCUT2D eigenvalue weighted by molar-refractivity contribution is 6.30. The molecule has 1 heterocycles. The number of anilines is 1. The van der Waals surface area contributed by atoms with Gasteiger partial charge in [0.2, 0.25) is 0 Å². The van der Waals surface area contributed by atoms with Crippen molar-refractivity contribution in [2.75, 3.05) is 18.5 Å². The maximum Gasteiger partial charge on any atom is 0.255 e. The lowest BCUT2D eigenvalue weighted by molar-refractivity contribution is 0.102. The van der Waals surface area contributed by atoms with Gasteiger partial charge in [0, 0.05) is 22.2 Å². The molecule has 0 unspecified atom stereocenters. The summed E-state index contributed by atoms with van der Waals surface area (Å²) in [6, 6.07) is 10.0. The number of carbonyl (C=O) groups excluding carboxylic acids is 1. The number of hydrogen-bond acceptors (Lipinski definition) is 4. The van der Waals surface area contributed by atoms with Crippen LogP contribution in [0.25, 0.3) is 0 Å². The Labute approximate surface area is 151 Å². The molecule has 132 valence electrons. The van der Waals surface area contributed by atoms with E-state index in [4.69, 9.17) is 21.1 Å². The van der Waals surface area contributed by atoms with E-state index in [0.29, 0.717) is 46.5 Å². The molecule has 1 amide bonds. The zero-order chi connectivity index (χ0) is 18.0. The quantitative estimate of drug-likeness (QED) is 0.862. The monoisotopic (exact) mass is 361 g/mol. The fraction of sp³-hybridized carbons (Fsp3) is 0.316. The van der Waals surface area contributed by atoms with E-state index in [9.17, 15) is 9.90 Å². The lowest BCUT2D eigenvalue weighted by Crippen LogP contribution is -2.19. The summed E-state index contributed by atoms with van der Waals surface area (Å²) in [7, 11) is 0. The van der Waals surface area contributed by atoms with Crippen molar-refractivity contribution in [2.24, 2.45) is 5.92 Å². The first kappa shape index (κ1) is 17.6. The van der Waals surface area contributed by atoms with Crippen LogP contribution < -0.4 is 14.8 Å². The van der Waals surface area contributed by atoms with E-state index in [0.717, 1.165) is 0 Å². The number of carbonyl (C=O) groups is 1. The summed E-state index contributed by atoms with van der Waals surface area (Å²) in [5, 5.41) is 14.0. The van der Waals surface area contributed by atoms with Crippen molar-refractivity contribution in [3.8, 4) is 11.5 Å². The smallest absolute Gasteiger partial charge is 0.255 e. The van der Waals surface area contributed by atoms with Crippen molar-refractivity contribution in [2.45, 2.75) is 20.0 Å². The van der Waals surface area contributed by atoms with Gasteiger partial charge in [-0.2, -0.15) is 0 Å². The summed E-state index contributed by atoms with van der Waals surface area (Å²) in [5.74, 6) is 0.821. The van der Waals surface area contributed by atoms with E-state index in [2.05, 4.69) is 5.32 Å².